The van der Waals surface area contributed by atoms with E-state index in [9.17, 15) is 9.90 Å². The van der Waals surface area contributed by atoms with E-state index >= 15 is 0 Å². The first-order valence-corrected chi connectivity index (χ1v) is 7.67. The van der Waals surface area contributed by atoms with Crippen LogP contribution >= 0.6 is 11.6 Å². The molecule has 1 saturated carbocycles. The summed E-state index contributed by atoms with van der Waals surface area (Å²) in [5.41, 5.74) is 0.676. The second-order valence-corrected chi connectivity index (χ2v) is 6.04. The van der Waals surface area contributed by atoms with E-state index in [0.717, 1.165) is 12.8 Å². The van der Waals surface area contributed by atoms with Gasteiger partial charge in [0.2, 0.25) is 11.2 Å². The van der Waals surface area contributed by atoms with E-state index < -0.39 is 0 Å². The molecule has 0 saturated heterocycles. The van der Waals surface area contributed by atoms with Gasteiger partial charge in [-0.2, -0.15) is 4.98 Å². The summed E-state index contributed by atoms with van der Waals surface area (Å²) in [6.45, 7) is 1.99. The molecular weight excluding hydrogens is 292 g/mol. The van der Waals surface area contributed by atoms with Gasteiger partial charge in [0.1, 0.15) is 11.7 Å². The Labute approximate surface area is 128 Å². The number of hydrogen-bond donors (Lipinski definition) is 1. The van der Waals surface area contributed by atoms with Gasteiger partial charge >= 0.3 is 0 Å². The standard InChI is InChI=1S/C14H19ClN4O2/c1-3-10-13(21)18(2)11-7-16-14(15)17-12(11)19(10)8-4-5-9(20)6-8/h7-10,20H,3-6H2,1-2H3/t8?,9?,10-/m1/s1. The van der Waals surface area contributed by atoms with Gasteiger partial charge in [-0.25, -0.2) is 4.98 Å². The topological polar surface area (TPSA) is 69.6 Å². The van der Waals surface area contributed by atoms with Crippen LogP contribution in [0.1, 0.15) is 32.6 Å². The maximum absolute atomic E-state index is 12.6. The van der Waals surface area contributed by atoms with E-state index in [4.69, 9.17) is 11.6 Å². The van der Waals surface area contributed by atoms with Crippen LogP contribution in [0.4, 0.5) is 11.5 Å². The first kappa shape index (κ1) is 14.5. The molecular formula is C14H19ClN4O2. The van der Waals surface area contributed by atoms with Crippen LogP contribution in [-0.2, 0) is 4.79 Å². The Morgan fingerprint density at radius 1 is 1.48 bits per heavy atom. The van der Waals surface area contributed by atoms with Crippen molar-refractivity contribution < 1.29 is 9.90 Å². The first-order chi connectivity index (χ1) is 10.0. The van der Waals surface area contributed by atoms with Crippen molar-refractivity contribution in [3.05, 3.63) is 11.5 Å². The molecule has 3 rings (SSSR count). The van der Waals surface area contributed by atoms with Gasteiger partial charge in [-0.3, -0.25) is 4.79 Å². The average molecular weight is 311 g/mol. The number of anilines is 2. The van der Waals surface area contributed by atoms with Gasteiger partial charge in [0.25, 0.3) is 0 Å². The third kappa shape index (κ3) is 2.36. The Morgan fingerprint density at radius 2 is 2.24 bits per heavy atom. The molecule has 0 bridgehead atoms. The summed E-state index contributed by atoms with van der Waals surface area (Å²) in [4.78, 5) is 24.6. The quantitative estimate of drug-likeness (QED) is 0.840. The number of carbonyl (C=O) groups excluding carboxylic acids is 1. The Kier molecular flexibility index (Phi) is 3.75. The van der Waals surface area contributed by atoms with E-state index in [0.29, 0.717) is 24.3 Å². The Morgan fingerprint density at radius 3 is 2.86 bits per heavy atom. The highest BCUT2D eigenvalue weighted by atomic mass is 35.5. The summed E-state index contributed by atoms with van der Waals surface area (Å²) in [6.07, 6.45) is 4.26. The minimum absolute atomic E-state index is 0.0392. The summed E-state index contributed by atoms with van der Waals surface area (Å²) >= 11 is 5.95. The van der Waals surface area contributed by atoms with Crippen molar-refractivity contribution in [3.63, 3.8) is 0 Å². The van der Waals surface area contributed by atoms with Crippen molar-refractivity contribution in [2.45, 2.75) is 50.8 Å². The third-order valence-electron chi connectivity index (χ3n) is 4.44. The SMILES string of the molecule is CC[C@@H]1C(=O)N(C)c2cnc(Cl)nc2N1C1CCC(O)C1. The molecule has 7 heteroatoms. The number of carbonyl (C=O) groups is 1. The molecule has 114 valence electrons. The molecule has 1 aliphatic heterocycles. The fourth-order valence-electron chi connectivity index (χ4n) is 3.37. The van der Waals surface area contributed by atoms with Crippen molar-refractivity contribution in [1.29, 1.82) is 0 Å². The number of likely N-dealkylation sites (N-methyl/N-ethyl adjacent to an activating group) is 1. The van der Waals surface area contributed by atoms with E-state index in [1.807, 2.05) is 11.8 Å². The number of fused-ring (bicyclic) bond motifs is 1. The predicted molar refractivity (Wildman–Crippen MR) is 80.7 cm³/mol. The highest BCUT2D eigenvalue weighted by Gasteiger charge is 2.42. The van der Waals surface area contributed by atoms with Crippen LogP contribution in [0.15, 0.2) is 6.20 Å². The van der Waals surface area contributed by atoms with Crippen LogP contribution in [0.3, 0.4) is 0 Å². The highest BCUT2D eigenvalue weighted by Crippen LogP contribution is 2.39. The molecule has 0 aromatic carbocycles. The van der Waals surface area contributed by atoms with Crippen LogP contribution < -0.4 is 9.80 Å². The Hall–Kier alpha value is -1.40. The summed E-state index contributed by atoms with van der Waals surface area (Å²) < 4.78 is 0. The van der Waals surface area contributed by atoms with E-state index in [-0.39, 0.29) is 29.4 Å². The molecule has 1 aliphatic carbocycles. The fourth-order valence-corrected chi connectivity index (χ4v) is 3.50. The fraction of sp³-hybridized carbons (Fsp3) is 0.643. The Bertz CT molecular complexity index is 568. The number of halogens is 1. The van der Waals surface area contributed by atoms with Crippen LogP contribution in [0.2, 0.25) is 5.28 Å². The maximum Gasteiger partial charge on any atom is 0.249 e. The minimum atomic E-state index is -0.303. The summed E-state index contributed by atoms with van der Waals surface area (Å²) in [5.74, 6) is 0.736. The van der Waals surface area contributed by atoms with Gasteiger partial charge in [-0.05, 0) is 37.3 Å². The molecule has 0 radical (unpaired) electrons. The number of amides is 1. The number of aromatic nitrogens is 2. The zero-order valence-electron chi connectivity index (χ0n) is 12.2. The van der Waals surface area contributed by atoms with E-state index in [1.54, 1.807) is 18.1 Å². The first-order valence-electron chi connectivity index (χ1n) is 7.29. The van der Waals surface area contributed by atoms with Gasteiger partial charge in [0, 0.05) is 13.1 Å². The van der Waals surface area contributed by atoms with Crippen LogP contribution in [-0.4, -0.2) is 46.2 Å². The van der Waals surface area contributed by atoms with E-state index in [2.05, 4.69) is 9.97 Å². The monoisotopic (exact) mass is 310 g/mol. The number of rotatable bonds is 2. The molecule has 1 amide bonds. The van der Waals surface area contributed by atoms with E-state index in [1.165, 1.54) is 0 Å². The largest absolute Gasteiger partial charge is 0.393 e. The van der Waals surface area contributed by atoms with Crippen molar-refractivity contribution in [3.8, 4) is 0 Å². The normalized spacial score (nSPS) is 29.0. The summed E-state index contributed by atoms with van der Waals surface area (Å²) in [7, 11) is 1.74. The van der Waals surface area contributed by atoms with Gasteiger partial charge < -0.3 is 14.9 Å². The molecule has 1 aromatic rings. The highest BCUT2D eigenvalue weighted by molar-refractivity contribution is 6.28. The van der Waals surface area contributed by atoms with Crippen molar-refractivity contribution in [2.75, 3.05) is 16.8 Å². The summed E-state index contributed by atoms with van der Waals surface area (Å²) in [5, 5.41) is 10.0. The molecule has 2 aliphatic rings. The predicted octanol–water partition coefficient (Wildman–Crippen LogP) is 1.60. The molecule has 6 nitrogen and oxygen atoms in total. The minimum Gasteiger partial charge on any atom is -0.393 e. The van der Waals surface area contributed by atoms with Crippen LogP contribution in [0.5, 0.6) is 0 Å². The number of nitrogens with zero attached hydrogens (tertiary/aromatic N) is 4. The molecule has 1 aromatic heterocycles. The number of hydrogen-bond acceptors (Lipinski definition) is 5. The lowest BCUT2D eigenvalue weighted by Crippen LogP contribution is -2.55. The smallest absolute Gasteiger partial charge is 0.249 e. The van der Waals surface area contributed by atoms with Crippen LogP contribution in [0, 0.1) is 0 Å². The zero-order chi connectivity index (χ0) is 15.1. The molecule has 1 fully saturated rings. The van der Waals surface area contributed by atoms with Crippen molar-refractivity contribution in [2.24, 2.45) is 0 Å². The lowest BCUT2D eigenvalue weighted by atomic mass is 10.0. The van der Waals surface area contributed by atoms with Crippen LogP contribution in [0.25, 0.3) is 0 Å². The lowest BCUT2D eigenvalue weighted by molar-refractivity contribution is -0.120. The maximum atomic E-state index is 12.6. The Balaban J connectivity index is 2.08. The van der Waals surface area contributed by atoms with Gasteiger partial charge in [-0.15, -0.1) is 0 Å². The van der Waals surface area contributed by atoms with Gasteiger partial charge in [0.15, 0.2) is 5.82 Å². The summed E-state index contributed by atoms with van der Waals surface area (Å²) in [6, 6.07) is -0.143. The lowest BCUT2D eigenvalue weighted by Gasteiger charge is -2.43. The number of aliphatic hydroxyl groups is 1. The zero-order valence-corrected chi connectivity index (χ0v) is 12.9. The molecule has 0 spiro atoms. The molecule has 2 unspecified atom stereocenters. The average Bonchev–Trinajstić information content (AvgIpc) is 2.88. The third-order valence-corrected chi connectivity index (χ3v) is 4.62. The van der Waals surface area contributed by atoms with Gasteiger partial charge in [0.05, 0.1) is 12.3 Å². The van der Waals surface area contributed by atoms with Gasteiger partial charge in [-0.1, -0.05) is 6.92 Å². The second-order valence-electron chi connectivity index (χ2n) is 5.70. The molecule has 3 atom stereocenters. The van der Waals surface area contributed by atoms with Crippen molar-refractivity contribution >= 4 is 29.0 Å². The number of aliphatic hydroxyl groups excluding tert-OH is 1. The molecule has 2 heterocycles. The molecule has 1 N–H and O–H groups in total. The second kappa shape index (κ2) is 5.42. The molecule has 21 heavy (non-hydrogen) atoms. The van der Waals surface area contributed by atoms with Crippen molar-refractivity contribution in [1.82, 2.24) is 9.97 Å².